The largest absolute Gasteiger partial charge is 0.324 e. The zero-order valence-corrected chi connectivity index (χ0v) is 7.37. The molecule has 0 aliphatic rings. The molecule has 1 rings (SSSR count). The Morgan fingerprint density at radius 3 is 2.33 bits per heavy atom. The highest BCUT2D eigenvalue weighted by Gasteiger charge is 2.06. The maximum atomic E-state index is 12.8. The van der Waals surface area contributed by atoms with Gasteiger partial charge in [0, 0.05) is 17.7 Å². The molecule has 0 aliphatic carbocycles. The molecule has 4 heteroatoms. The van der Waals surface area contributed by atoms with Gasteiger partial charge in [-0.05, 0) is 13.0 Å². The van der Waals surface area contributed by atoms with E-state index in [0.717, 1.165) is 6.07 Å². The summed E-state index contributed by atoms with van der Waals surface area (Å²) in [6.07, 6.45) is 0. The van der Waals surface area contributed by atoms with Gasteiger partial charge in [-0.3, -0.25) is 0 Å². The van der Waals surface area contributed by atoms with Crippen LogP contribution in [0.25, 0.3) is 0 Å². The van der Waals surface area contributed by atoms with Crippen molar-refractivity contribution in [1.29, 1.82) is 0 Å². The van der Waals surface area contributed by atoms with Gasteiger partial charge in [0.1, 0.15) is 11.6 Å². The molecular formula is C8H10ClF2N. The molecule has 1 aromatic carbocycles. The van der Waals surface area contributed by atoms with Crippen molar-refractivity contribution in [3.63, 3.8) is 0 Å². The van der Waals surface area contributed by atoms with Crippen LogP contribution in [-0.4, -0.2) is 0 Å². The third-order valence-corrected chi connectivity index (χ3v) is 1.45. The summed E-state index contributed by atoms with van der Waals surface area (Å²) >= 11 is 0. The zero-order valence-electron chi connectivity index (χ0n) is 6.55. The van der Waals surface area contributed by atoms with Gasteiger partial charge in [-0.15, -0.1) is 12.4 Å². The Balaban J connectivity index is 0.00000121. The van der Waals surface area contributed by atoms with E-state index in [-0.39, 0.29) is 12.4 Å². The van der Waals surface area contributed by atoms with Crippen molar-refractivity contribution >= 4 is 12.4 Å². The van der Waals surface area contributed by atoms with E-state index in [1.807, 2.05) is 0 Å². The zero-order chi connectivity index (χ0) is 8.43. The van der Waals surface area contributed by atoms with Crippen LogP contribution in [0.1, 0.15) is 18.5 Å². The standard InChI is InChI=1S/C8H9F2N.ClH/c1-5(11)7-3-2-6(9)4-8(7)10;/h2-5H,11H2,1H3;1H/t5-;/m0./s1. The first-order valence-corrected chi connectivity index (χ1v) is 3.32. The number of benzene rings is 1. The Hall–Kier alpha value is -0.670. The first kappa shape index (κ1) is 11.3. The fourth-order valence-electron chi connectivity index (χ4n) is 0.871. The average molecular weight is 194 g/mol. The molecule has 1 nitrogen and oxygen atoms in total. The lowest BCUT2D eigenvalue weighted by atomic mass is 10.1. The normalized spacial score (nSPS) is 12.0. The highest BCUT2D eigenvalue weighted by molar-refractivity contribution is 5.85. The third kappa shape index (κ3) is 2.43. The van der Waals surface area contributed by atoms with Gasteiger partial charge in [-0.25, -0.2) is 8.78 Å². The molecule has 68 valence electrons. The quantitative estimate of drug-likeness (QED) is 0.728. The minimum absolute atomic E-state index is 0. The van der Waals surface area contributed by atoms with E-state index in [1.54, 1.807) is 6.92 Å². The minimum atomic E-state index is -0.583. The van der Waals surface area contributed by atoms with Gasteiger partial charge in [-0.2, -0.15) is 0 Å². The molecule has 0 saturated carbocycles. The first-order chi connectivity index (χ1) is 5.11. The Bertz CT molecular complexity index is 263. The molecule has 0 aliphatic heterocycles. The van der Waals surface area contributed by atoms with Gasteiger partial charge in [0.2, 0.25) is 0 Å². The summed E-state index contributed by atoms with van der Waals surface area (Å²) in [5, 5.41) is 0. The van der Waals surface area contributed by atoms with Crippen LogP contribution in [0.3, 0.4) is 0 Å². The Morgan fingerprint density at radius 2 is 1.92 bits per heavy atom. The van der Waals surface area contributed by atoms with E-state index in [0.29, 0.717) is 5.56 Å². The average Bonchev–Trinajstić information content (AvgIpc) is 1.85. The summed E-state index contributed by atoms with van der Waals surface area (Å²) in [7, 11) is 0. The second kappa shape index (κ2) is 4.38. The van der Waals surface area contributed by atoms with Gasteiger partial charge in [0.05, 0.1) is 0 Å². The van der Waals surface area contributed by atoms with Crippen LogP contribution < -0.4 is 5.73 Å². The van der Waals surface area contributed by atoms with Crippen molar-refractivity contribution in [1.82, 2.24) is 0 Å². The van der Waals surface area contributed by atoms with Crippen LogP contribution in [0, 0.1) is 11.6 Å². The predicted molar refractivity (Wildman–Crippen MR) is 46.2 cm³/mol. The molecule has 0 aromatic heterocycles. The molecule has 0 fully saturated rings. The minimum Gasteiger partial charge on any atom is -0.324 e. The Labute approximate surface area is 76.0 Å². The smallest absolute Gasteiger partial charge is 0.130 e. The second-order valence-corrected chi connectivity index (χ2v) is 2.45. The molecule has 1 atom stereocenters. The molecule has 0 spiro atoms. The number of hydrogen-bond donors (Lipinski definition) is 1. The molecule has 0 bridgehead atoms. The lowest BCUT2D eigenvalue weighted by Crippen LogP contribution is -2.07. The molecule has 0 unspecified atom stereocenters. The van der Waals surface area contributed by atoms with E-state index >= 15 is 0 Å². The van der Waals surface area contributed by atoms with Crippen LogP contribution in [0.5, 0.6) is 0 Å². The van der Waals surface area contributed by atoms with Crippen LogP contribution in [-0.2, 0) is 0 Å². The van der Waals surface area contributed by atoms with Gasteiger partial charge in [0.15, 0.2) is 0 Å². The maximum absolute atomic E-state index is 12.8. The van der Waals surface area contributed by atoms with Gasteiger partial charge >= 0.3 is 0 Å². The van der Waals surface area contributed by atoms with Crippen LogP contribution in [0.15, 0.2) is 18.2 Å². The molecule has 0 saturated heterocycles. The summed E-state index contributed by atoms with van der Waals surface area (Å²) in [4.78, 5) is 0. The molecule has 2 N–H and O–H groups in total. The molecule has 0 radical (unpaired) electrons. The summed E-state index contributed by atoms with van der Waals surface area (Å²) in [5.41, 5.74) is 5.74. The van der Waals surface area contributed by atoms with Gasteiger partial charge < -0.3 is 5.73 Å². The van der Waals surface area contributed by atoms with E-state index in [4.69, 9.17) is 5.73 Å². The van der Waals surface area contributed by atoms with E-state index < -0.39 is 17.7 Å². The van der Waals surface area contributed by atoms with Crippen molar-refractivity contribution in [2.75, 3.05) is 0 Å². The summed E-state index contributed by atoms with van der Waals surface area (Å²) < 4.78 is 25.1. The Kier molecular flexibility index (Phi) is 4.13. The highest BCUT2D eigenvalue weighted by atomic mass is 35.5. The van der Waals surface area contributed by atoms with Crippen molar-refractivity contribution in [3.05, 3.63) is 35.4 Å². The topological polar surface area (TPSA) is 26.0 Å². The maximum Gasteiger partial charge on any atom is 0.130 e. The fourth-order valence-corrected chi connectivity index (χ4v) is 0.871. The highest BCUT2D eigenvalue weighted by Crippen LogP contribution is 2.14. The third-order valence-electron chi connectivity index (χ3n) is 1.45. The molecule has 0 heterocycles. The van der Waals surface area contributed by atoms with Gasteiger partial charge in [0.25, 0.3) is 0 Å². The number of halogens is 3. The van der Waals surface area contributed by atoms with Crippen molar-refractivity contribution in [2.24, 2.45) is 5.73 Å². The van der Waals surface area contributed by atoms with Crippen LogP contribution >= 0.6 is 12.4 Å². The van der Waals surface area contributed by atoms with E-state index in [1.165, 1.54) is 12.1 Å². The van der Waals surface area contributed by atoms with Crippen molar-refractivity contribution < 1.29 is 8.78 Å². The molecule has 12 heavy (non-hydrogen) atoms. The summed E-state index contributed by atoms with van der Waals surface area (Å²) in [6.45, 7) is 1.65. The van der Waals surface area contributed by atoms with Crippen LogP contribution in [0.2, 0.25) is 0 Å². The fraction of sp³-hybridized carbons (Fsp3) is 0.250. The monoisotopic (exact) mass is 193 g/mol. The number of rotatable bonds is 1. The molecule has 0 amide bonds. The van der Waals surface area contributed by atoms with E-state index in [9.17, 15) is 8.78 Å². The summed E-state index contributed by atoms with van der Waals surface area (Å²) in [6, 6.07) is 2.99. The molecular weight excluding hydrogens is 184 g/mol. The Morgan fingerprint density at radius 1 is 1.33 bits per heavy atom. The SMILES string of the molecule is C[C@H](N)c1ccc(F)cc1F.Cl. The summed E-state index contributed by atoms with van der Waals surface area (Å²) in [5.74, 6) is -1.16. The predicted octanol–water partition coefficient (Wildman–Crippen LogP) is 2.41. The van der Waals surface area contributed by atoms with Crippen molar-refractivity contribution in [3.8, 4) is 0 Å². The van der Waals surface area contributed by atoms with Gasteiger partial charge in [-0.1, -0.05) is 6.07 Å². The lowest BCUT2D eigenvalue weighted by Gasteiger charge is -2.05. The van der Waals surface area contributed by atoms with Crippen LogP contribution in [0.4, 0.5) is 8.78 Å². The van der Waals surface area contributed by atoms with Crippen molar-refractivity contribution in [2.45, 2.75) is 13.0 Å². The molecule has 1 aromatic rings. The lowest BCUT2D eigenvalue weighted by molar-refractivity contribution is 0.562. The van der Waals surface area contributed by atoms with E-state index in [2.05, 4.69) is 0 Å². The second-order valence-electron chi connectivity index (χ2n) is 2.45. The number of nitrogens with two attached hydrogens (primary N) is 1. The number of hydrogen-bond acceptors (Lipinski definition) is 1. The first-order valence-electron chi connectivity index (χ1n) is 3.32.